The Balaban J connectivity index is 2.32. The normalized spacial score (nSPS) is 16.5. The molecule has 18 heavy (non-hydrogen) atoms. The van der Waals surface area contributed by atoms with Crippen molar-refractivity contribution in [3.8, 4) is 5.75 Å². The van der Waals surface area contributed by atoms with Gasteiger partial charge in [0.25, 0.3) is 0 Å². The lowest BCUT2D eigenvalue weighted by atomic mass is 9.86. The monoisotopic (exact) mass is 246 g/mol. The van der Waals surface area contributed by atoms with Crippen LogP contribution in [0.25, 0.3) is 0 Å². The third-order valence-corrected chi connectivity index (χ3v) is 3.04. The largest absolute Gasteiger partial charge is 0.497 e. The zero-order valence-electron chi connectivity index (χ0n) is 10.1. The predicted molar refractivity (Wildman–Crippen MR) is 66.0 cm³/mol. The van der Waals surface area contributed by atoms with Gasteiger partial charge in [0.2, 0.25) is 0 Å². The summed E-state index contributed by atoms with van der Waals surface area (Å²) in [6.45, 7) is 0. The summed E-state index contributed by atoms with van der Waals surface area (Å²) in [5, 5.41) is 8.63. The fraction of sp³-hybridized carbons (Fsp3) is 0.286. The number of hydrogen-bond acceptors (Lipinski definition) is 3. The molecule has 1 aliphatic carbocycles. The average molecular weight is 246 g/mol. The van der Waals surface area contributed by atoms with Crippen molar-refractivity contribution in [2.75, 3.05) is 7.11 Å². The summed E-state index contributed by atoms with van der Waals surface area (Å²) in [4.78, 5) is 22.7. The number of Topliss-reactive ketones (excluding diaryl/α,β-unsaturated/α-hetero) is 1. The summed E-state index contributed by atoms with van der Waals surface area (Å²) in [5.74, 6) is -0.371. The number of aliphatic carboxylic acids is 1. The molecular formula is C14H14O4. The summed E-state index contributed by atoms with van der Waals surface area (Å²) in [6.07, 6.45) is 2.76. The molecule has 1 N–H and O–H groups in total. The number of methoxy groups -OCH3 is 1. The molecule has 0 unspecified atom stereocenters. The molecule has 0 heterocycles. The van der Waals surface area contributed by atoms with E-state index in [9.17, 15) is 9.59 Å². The highest BCUT2D eigenvalue weighted by molar-refractivity contribution is 6.11. The van der Waals surface area contributed by atoms with Crippen LogP contribution in [0.4, 0.5) is 0 Å². The third-order valence-electron chi connectivity index (χ3n) is 3.04. The number of ether oxygens (including phenoxy) is 1. The van der Waals surface area contributed by atoms with Crippen LogP contribution in [0, 0.1) is 0 Å². The smallest absolute Gasteiger partial charge is 0.307 e. The number of rotatable bonds is 3. The maximum Gasteiger partial charge on any atom is 0.307 e. The van der Waals surface area contributed by atoms with Crippen LogP contribution >= 0.6 is 0 Å². The van der Waals surface area contributed by atoms with Gasteiger partial charge in [0.1, 0.15) is 5.75 Å². The van der Waals surface area contributed by atoms with Gasteiger partial charge in [0.05, 0.1) is 13.5 Å². The van der Waals surface area contributed by atoms with Crippen molar-refractivity contribution < 1.29 is 19.4 Å². The quantitative estimate of drug-likeness (QED) is 0.830. The summed E-state index contributed by atoms with van der Waals surface area (Å²) in [5.41, 5.74) is 2.20. The van der Waals surface area contributed by atoms with Crippen molar-refractivity contribution in [3.63, 3.8) is 0 Å². The summed E-state index contributed by atoms with van der Waals surface area (Å²) < 4.78 is 5.10. The number of carbonyl (C=O) groups is 2. The minimum Gasteiger partial charge on any atom is -0.497 e. The molecule has 0 aliphatic heterocycles. The van der Waals surface area contributed by atoms with Gasteiger partial charge in [-0.1, -0.05) is 12.1 Å². The number of ketones is 1. The molecule has 1 aliphatic rings. The first-order valence-electron chi connectivity index (χ1n) is 5.74. The zero-order chi connectivity index (χ0) is 13.1. The van der Waals surface area contributed by atoms with E-state index in [0.29, 0.717) is 23.3 Å². The molecule has 0 aromatic heterocycles. The number of carbonyl (C=O) groups excluding carboxylic acids is 1. The van der Waals surface area contributed by atoms with E-state index in [4.69, 9.17) is 9.84 Å². The molecule has 0 radical (unpaired) electrons. The zero-order valence-corrected chi connectivity index (χ0v) is 10.1. The van der Waals surface area contributed by atoms with Crippen LogP contribution in [-0.4, -0.2) is 24.0 Å². The van der Waals surface area contributed by atoms with Crippen molar-refractivity contribution in [1.29, 1.82) is 0 Å². The average Bonchev–Trinajstić information content (AvgIpc) is 2.37. The lowest BCUT2D eigenvalue weighted by molar-refractivity contribution is -0.136. The van der Waals surface area contributed by atoms with E-state index in [1.165, 1.54) is 6.08 Å². The highest BCUT2D eigenvalue weighted by Gasteiger charge is 2.22. The van der Waals surface area contributed by atoms with Crippen molar-refractivity contribution >= 4 is 11.8 Å². The standard InChI is InChI=1S/C14H14O4/c1-18-11-6-4-9-2-3-10(5-7-13(15)16)14(17)12(9)8-11/h4-6,8H,2-3,7H2,1H3,(H,15,16). The highest BCUT2D eigenvalue weighted by atomic mass is 16.5. The second kappa shape index (κ2) is 5.04. The Labute approximate surface area is 105 Å². The van der Waals surface area contributed by atoms with E-state index in [-0.39, 0.29) is 12.2 Å². The molecule has 4 nitrogen and oxygen atoms in total. The molecule has 0 saturated heterocycles. The molecule has 1 aromatic rings. The molecule has 0 fully saturated rings. The second-order valence-electron chi connectivity index (χ2n) is 4.18. The molecule has 0 saturated carbocycles. The molecule has 0 bridgehead atoms. The molecule has 0 atom stereocenters. The topological polar surface area (TPSA) is 63.6 Å². The number of carboxylic acids is 1. The molecule has 0 spiro atoms. The fourth-order valence-corrected chi connectivity index (χ4v) is 2.07. The van der Waals surface area contributed by atoms with E-state index in [2.05, 4.69) is 0 Å². The van der Waals surface area contributed by atoms with Gasteiger partial charge in [-0.25, -0.2) is 0 Å². The van der Waals surface area contributed by atoms with Gasteiger partial charge in [0, 0.05) is 5.56 Å². The lowest BCUT2D eigenvalue weighted by Gasteiger charge is -2.18. The molecule has 94 valence electrons. The first kappa shape index (κ1) is 12.4. The van der Waals surface area contributed by atoms with Gasteiger partial charge in [-0.05, 0) is 36.1 Å². The predicted octanol–water partition coefficient (Wildman–Crippen LogP) is 2.23. The first-order chi connectivity index (χ1) is 8.61. The Bertz CT molecular complexity index is 529. The van der Waals surface area contributed by atoms with Crippen LogP contribution in [0.2, 0.25) is 0 Å². The maximum atomic E-state index is 12.2. The van der Waals surface area contributed by atoms with Crippen LogP contribution in [0.3, 0.4) is 0 Å². The molecular weight excluding hydrogens is 232 g/mol. The Hall–Kier alpha value is -2.10. The number of carboxylic acid groups (broad SMARTS) is 1. The molecule has 2 rings (SSSR count). The van der Waals surface area contributed by atoms with Gasteiger partial charge >= 0.3 is 5.97 Å². The molecule has 1 aromatic carbocycles. The van der Waals surface area contributed by atoms with Crippen LogP contribution in [-0.2, 0) is 11.2 Å². The maximum absolute atomic E-state index is 12.2. The van der Waals surface area contributed by atoms with Crippen LogP contribution in [0.1, 0.15) is 28.8 Å². The number of aryl methyl sites for hydroxylation is 1. The summed E-state index contributed by atoms with van der Waals surface area (Å²) >= 11 is 0. The van der Waals surface area contributed by atoms with Gasteiger partial charge in [-0.2, -0.15) is 0 Å². The second-order valence-corrected chi connectivity index (χ2v) is 4.18. The van der Waals surface area contributed by atoms with Gasteiger partial charge < -0.3 is 9.84 Å². The Kier molecular flexibility index (Phi) is 3.46. The number of allylic oxidation sites excluding steroid dienone is 1. The van der Waals surface area contributed by atoms with Crippen LogP contribution < -0.4 is 4.74 Å². The van der Waals surface area contributed by atoms with E-state index >= 15 is 0 Å². The van der Waals surface area contributed by atoms with E-state index < -0.39 is 5.97 Å². The van der Waals surface area contributed by atoms with E-state index in [1.54, 1.807) is 13.2 Å². The third kappa shape index (κ3) is 2.42. The minimum atomic E-state index is -0.924. The Morgan fingerprint density at radius 1 is 1.44 bits per heavy atom. The highest BCUT2D eigenvalue weighted by Crippen LogP contribution is 2.28. The Morgan fingerprint density at radius 2 is 2.22 bits per heavy atom. The van der Waals surface area contributed by atoms with Crippen molar-refractivity contribution in [2.45, 2.75) is 19.3 Å². The lowest BCUT2D eigenvalue weighted by Crippen LogP contribution is -2.14. The van der Waals surface area contributed by atoms with Gasteiger partial charge in [0.15, 0.2) is 5.78 Å². The summed E-state index contributed by atoms with van der Waals surface area (Å²) in [7, 11) is 1.55. The molecule has 0 amide bonds. The van der Waals surface area contributed by atoms with Gasteiger partial charge in [-0.15, -0.1) is 0 Å². The van der Waals surface area contributed by atoms with E-state index in [1.807, 2.05) is 12.1 Å². The van der Waals surface area contributed by atoms with Crippen LogP contribution in [0.15, 0.2) is 29.8 Å². The number of fused-ring (bicyclic) bond motifs is 1. The van der Waals surface area contributed by atoms with Crippen molar-refractivity contribution in [3.05, 3.63) is 41.0 Å². The minimum absolute atomic E-state index is 0.0867. The fourth-order valence-electron chi connectivity index (χ4n) is 2.07. The van der Waals surface area contributed by atoms with Gasteiger partial charge in [-0.3, -0.25) is 9.59 Å². The number of hydrogen-bond donors (Lipinski definition) is 1. The van der Waals surface area contributed by atoms with E-state index in [0.717, 1.165) is 12.0 Å². The first-order valence-corrected chi connectivity index (χ1v) is 5.74. The van der Waals surface area contributed by atoms with Crippen molar-refractivity contribution in [2.24, 2.45) is 0 Å². The molecule has 4 heteroatoms. The summed E-state index contributed by atoms with van der Waals surface area (Å²) in [6, 6.07) is 5.43. The van der Waals surface area contributed by atoms with Crippen LogP contribution in [0.5, 0.6) is 5.75 Å². The Morgan fingerprint density at radius 3 is 2.89 bits per heavy atom. The number of benzene rings is 1. The SMILES string of the molecule is COc1ccc2c(c1)C(=O)C(=CCC(=O)O)CC2. The van der Waals surface area contributed by atoms with Crippen molar-refractivity contribution in [1.82, 2.24) is 0 Å².